The first kappa shape index (κ1) is 13.9. The molecule has 102 valence electrons. The predicted molar refractivity (Wildman–Crippen MR) is 71.2 cm³/mol. The predicted octanol–water partition coefficient (Wildman–Crippen LogP) is 1.38. The van der Waals surface area contributed by atoms with Gasteiger partial charge >= 0.3 is 0 Å². The number of pyridine rings is 1. The molecule has 5 heteroatoms. The zero-order valence-corrected chi connectivity index (χ0v) is 10.7. The van der Waals surface area contributed by atoms with Crippen LogP contribution in [0, 0.1) is 5.82 Å². The maximum absolute atomic E-state index is 13.9. The molecule has 19 heavy (non-hydrogen) atoms. The molecule has 0 aliphatic rings. The van der Waals surface area contributed by atoms with Crippen molar-refractivity contribution >= 4 is 10.9 Å². The van der Waals surface area contributed by atoms with Gasteiger partial charge in [-0.1, -0.05) is 6.07 Å². The normalized spacial score (nSPS) is 14.5. The van der Waals surface area contributed by atoms with Crippen molar-refractivity contribution in [1.82, 2.24) is 10.3 Å². The summed E-state index contributed by atoms with van der Waals surface area (Å²) in [7, 11) is 1.75. The van der Waals surface area contributed by atoms with E-state index in [0.29, 0.717) is 18.5 Å². The van der Waals surface area contributed by atoms with E-state index in [1.54, 1.807) is 25.4 Å². The van der Waals surface area contributed by atoms with Crippen molar-refractivity contribution in [3.63, 3.8) is 0 Å². The van der Waals surface area contributed by atoms with Gasteiger partial charge in [0.15, 0.2) is 0 Å². The highest BCUT2D eigenvalue weighted by atomic mass is 19.1. The molecule has 2 atom stereocenters. The van der Waals surface area contributed by atoms with E-state index < -0.39 is 18.0 Å². The van der Waals surface area contributed by atoms with Gasteiger partial charge in [0.05, 0.1) is 11.6 Å². The largest absolute Gasteiger partial charge is 0.390 e. The van der Waals surface area contributed by atoms with Crippen LogP contribution in [0.1, 0.15) is 18.1 Å². The van der Waals surface area contributed by atoms with Gasteiger partial charge in [-0.2, -0.15) is 0 Å². The molecule has 2 unspecified atom stereocenters. The lowest BCUT2D eigenvalue weighted by Gasteiger charge is -2.19. The van der Waals surface area contributed by atoms with Crippen LogP contribution in [-0.4, -0.2) is 34.9 Å². The third kappa shape index (κ3) is 3.07. The van der Waals surface area contributed by atoms with Crippen LogP contribution in [0.2, 0.25) is 0 Å². The van der Waals surface area contributed by atoms with Crippen LogP contribution in [-0.2, 0) is 0 Å². The Morgan fingerprint density at radius 1 is 1.37 bits per heavy atom. The van der Waals surface area contributed by atoms with Gasteiger partial charge in [-0.15, -0.1) is 0 Å². The van der Waals surface area contributed by atoms with Crippen molar-refractivity contribution in [2.75, 3.05) is 13.6 Å². The van der Waals surface area contributed by atoms with Gasteiger partial charge in [0.25, 0.3) is 0 Å². The third-order valence-electron chi connectivity index (χ3n) is 3.09. The average Bonchev–Trinajstić information content (AvgIpc) is 2.43. The minimum Gasteiger partial charge on any atom is -0.390 e. The number of halogens is 1. The molecular formula is C14H17FN2O2. The molecular weight excluding hydrogens is 247 g/mol. The van der Waals surface area contributed by atoms with Crippen LogP contribution >= 0.6 is 0 Å². The second-order valence-electron chi connectivity index (χ2n) is 4.47. The molecule has 0 fully saturated rings. The summed E-state index contributed by atoms with van der Waals surface area (Å²) < 4.78 is 13.9. The molecule has 1 aromatic carbocycles. The topological polar surface area (TPSA) is 65.4 Å². The van der Waals surface area contributed by atoms with Crippen molar-refractivity contribution in [3.05, 3.63) is 41.8 Å². The Kier molecular flexibility index (Phi) is 4.42. The summed E-state index contributed by atoms with van der Waals surface area (Å²) in [6.45, 7) is 0.551. The smallest absolute Gasteiger partial charge is 0.131 e. The van der Waals surface area contributed by atoms with Crippen molar-refractivity contribution in [1.29, 1.82) is 0 Å². The minimum absolute atomic E-state index is 0.101. The van der Waals surface area contributed by atoms with E-state index in [1.807, 2.05) is 0 Å². The van der Waals surface area contributed by atoms with E-state index in [9.17, 15) is 14.6 Å². The minimum atomic E-state index is -1.24. The summed E-state index contributed by atoms with van der Waals surface area (Å²) in [5.41, 5.74) is 0.629. The zero-order valence-electron chi connectivity index (χ0n) is 10.7. The molecule has 4 nitrogen and oxygen atoms in total. The molecule has 0 bridgehead atoms. The van der Waals surface area contributed by atoms with E-state index >= 15 is 0 Å². The number of nitrogens with zero attached hydrogens (tertiary/aromatic N) is 1. The van der Waals surface area contributed by atoms with Crippen LogP contribution in [0.15, 0.2) is 30.5 Å². The second kappa shape index (κ2) is 6.06. The van der Waals surface area contributed by atoms with Gasteiger partial charge in [-0.05, 0) is 32.1 Å². The summed E-state index contributed by atoms with van der Waals surface area (Å²) in [6, 6.07) is 6.34. The first-order valence-electron chi connectivity index (χ1n) is 6.18. The monoisotopic (exact) mass is 264 g/mol. The number of hydrogen-bond acceptors (Lipinski definition) is 4. The van der Waals surface area contributed by atoms with E-state index in [2.05, 4.69) is 10.3 Å². The van der Waals surface area contributed by atoms with Gasteiger partial charge < -0.3 is 15.5 Å². The number of nitrogens with one attached hydrogen (secondary N) is 1. The number of benzene rings is 1. The van der Waals surface area contributed by atoms with Crippen molar-refractivity contribution in [3.8, 4) is 0 Å². The lowest BCUT2D eigenvalue weighted by molar-refractivity contribution is 0.0121. The molecule has 1 aromatic heterocycles. The van der Waals surface area contributed by atoms with Gasteiger partial charge in [0.1, 0.15) is 11.9 Å². The lowest BCUT2D eigenvalue weighted by atomic mass is 9.99. The molecule has 2 rings (SSSR count). The zero-order chi connectivity index (χ0) is 13.8. The SMILES string of the molecule is CNCCC(O)C(O)c1cc2cccnc2cc1F. The Balaban J connectivity index is 2.30. The molecule has 1 heterocycles. The summed E-state index contributed by atoms with van der Waals surface area (Å²) in [6.07, 6.45) is -0.309. The van der Waals surface area contributed by atoms with Crippen molar-refractivity contribution in [2.24, 2.45) is 0 Å². The number of rotatable bonds is 5. The highest BCUT2D eigenvalue weighted by molar-refractivity contribution is 5.79. The molecule has 0 radical (unpaired) electrons. The third-order valence-corrected chi connectivity index (χ3v) is 3.09. The molecule has 0 spiro atoms. The Labute approximate surface area is 110 Å². The first-order chi connectivity index (χ1) is 9.13. The molecule has 0 saturated heterocycles. The van der Waals surface area contributed by atoms with E-state index in [4.69, 9.17) is 0 Å². The Hall–Kier alpha value is -1.56. The van der Waals surface area contributed by atoms with E-state index in [-0.39, 0.29) is 5.56 Å². The average molecular weight is 264 g/mol. The van der Waals surface area contributed by atoms with Crippen LogP contribution < -0.4 is 5.32 Å². The van der Waals surface area contributed by atoms with Gasteiger partial charge in [-0.25, -0.2) is 4.39 Å². The quantitative estimate of drug-likeness (QED) is 0.763. The van der Waals surface area contributed by atoms with E-state index in [1.165, 1.54) is 12.1 Å². The number of aromatic nitrogens is 1. The molecule has 0 saturated carbocycles. The fourth-order valence-electron chi connectivity index (χ4n) is 2.00. The summed E-state index contributed by atoms with van der Waals surface area (Å²) in [4.78, 5) is 4.04. The molecule has 0 aliphatic carbocycles. The van der Waals surface area contributed by atoms with Gasteiger partial charge in [-0.3, -0.25) is 4.98 Å². The molecule has 0 amide bonds. The fourth-order valence-corrected chi connectivity index (χ4v) is 2.00. The summed E-state index contributed by atoms with van der Waals surface area (Å²) >= 11 is 0. The number of fused-ring (bicyclic) bond motifs is 1. The highest BCUT2D eigenvalue weighted by Gasteiger charge is 2.21. The van der Waals surface area contributed by atoms with Gasteiger partial charge in [0, 0.05) is 23.2 Å². The molecule has 2 aromatic rings. The second-order valence-corrected chi connectivity index (χ2v) is 4.47. The number of hydrogen-bond donors (Lipinski definition) is 3. The number of aliphatic hydroxyl groups excluding tert-OH is 2. The Bertz CT molecular complexity index is 562. The van der Waals surface area contributed by atoms with Crippen molar-refractivity contribution in [2.45, 2.75) is 18.6 Å². The van der Waals surface area contributed by atoms with E-state index in [0.717, 1.165) is 5.39 Å². The highest BCUT2D eigenvalue weighted by Crippen LogP contribution is 2.25. The fraction of sp³-hybridized carbons (Fsp3) is 0.357. The number of aliphatic hydroxyl groups is 2. The van der Waals surface area contributed by atoms with Crippen molar-refractivity contribution < 1.29 is 14.6 Å². The van der Waals surface area contributed by atoms with Crippen LogP contribution in [0.5, 0.6) is 0 Å². The summed E-state index contributed by atoms with van der Waals surface area (Å²) in [5, 5.41) is 23.5. The van der Waals surface area contributed by atoms with Gasteiger partial charge in [0.2, 0.25) is 0 Å². The van der Waals surface area contributed by atoms with Crippen LogP contribution in [0.25, 0.3) is 10.9 Å². The maximum atomic E-state index is 13.9. The molecule has 0 aliphatic heterocycles. The summed E-state index contributed by atoms with van der Waals surface area (Å²) in [5.74, 6) is -0.554. The maximum Gasteiger partial charge on any atom is 0.131 e. The molecule has 3 N–H and O–H groups in total. The Morgan fingerprint density at radius 2 is 2.16 bits per heavy atom. The van der Waals surface area contributed by atoms with Crippen LogP contribution in [0.3, 0.4) is 0 Å². The first-order valence-corrected chi connectivity index (χ1v) is 6.18. The lowest BCUT2D eigenvalue weighted by Crippen LogP contribution is -2.24. The van der Waals surface area contributed by atoms with Crippen LogP contribution in [0.4, 0.5) is 4.39 Å². The Morgan fingerprint density at radius 3 is 2.89 bits per heavy atom. The standard InChI is InChI=1S/C14H17FN2O2/c1-16-6-4-13(18)14(19)10-7-9-3-2-5-17-12(9)8-11(10)15/h2-3,5,7-8,13-14,16,18-19H,4,6H2,1H3.